The summed E-state index contributed by atoms with van der Waals surface area (Å²) in [6, 6.07) is 6.38. The quantitative estimate of drug-likeness (QED) is 0.387. The molecule has 0 saturated heterocycles. The van der Waals surface area contributed by atoms with Crippen molar-refractivity contribution in [3.05, 3.63) is 29.8 Å². The highest BCUT2D eigenvalue weighted by molar-refractivity contribution is 5.69. The Morgan fingerprint density at radius 2 is 1.71 bits per heavy atom. The Kier molecular flexibility index (Phi) is 7.10. The maximum atomic E-state index is 11.5. The molecule has 0 aliphatic carbocycles. The van der Waals surface area contributed by atoms with Crippen LogP contribution < -0.4 is 0 Å². The number of aliphatic hydroxyl groups excluding tert-OH is 4. The second-order valence-electron chi connectivity index (χ2n) is 4.66. The number of esters is 1. The predicted molar refractivity (Wildman–Crippen MR) is 72.5 cm³/mol. The average molecular weight is 300 g/mol. The minimum Gasteiger partial charge on any atom is -0.508 e. The Morgan fingerprint density at radius 1 is 1.10 bits per heavy atom. The summed E-state index contributed by atoms with van der Waals surface area (Å²) in [5, 5.41) is 45.7. The molecule has 0 spiro atoms. The van der Waals surface area contributed by atoms with E-state index in [1.54, 1.807) is 12.1 Å². The highest BCUT2D eigenvalue weighted by atomic mass is 16.5. The van der Waals surface area contributed by atoms with Gasteiger partial charge >= 0.3 is 5.97 Å². The summed E-state index contributed by atoms with van der Waals surface area (Å²) in [6.07, 6.45) is -4.05. The van der Waals surface area contributed by atoms with Crippen molar-refractivity contribution in [3.8, 4) is 5.75 Å². The van der Waals surface area contributed by atoms with Crippen molar-refractivity contribution in [2.24, 2.45) is 0 Å². The fourth-order valence-electron chi connectivity index (χ4n) is 1.62. The highest BCUT2D eigenvalue weighted by Gasteiger charge is 2.25. The summed E-state index contributed by atoms with van der Waals surface area (Å²) in [6.45, 7) is -1.17. The Morgan fingerprint density at radius 3 is 2.29 bits per heavy atom. The van der Waals surface area contributed by atoms with Crippen molar-refractivity contribution in [1.29, 1.82) is 0 Å². The second-order valence-corrected chi connectivity index (χ2v) is 4.66. The Hall–Kier alpha value is -1.67. The summed E-state index contributed by atoms with van der Waals surface area (Å²) < 4.78 is 4.77. The van der Waals surface area contributed by atoms with Gasteiger partial charge in [0.1, 0.15) is 30.7 Å². The van der Waals surface area contributed by atoms with E-state index in [1.807, 2.05) is 0 Å². The third kappa shape index (κ3) is 6.09. The summed E-state index contributed by atoms with van der Waals surface area (Å²) in [7, 11) is 0. The fourth-order valence-corrected chi connectivity index (χ4v) is 1.62. The van der Waals surface area contributed by atoms with Gasteiger partial charge in [-0.3, -0.25) is 4.79 Å². The molecule has 0 radical (unpaired) electrons. The second kappa shape index (κ2) is 8.58. The van der Waals surface area contributed by atoms with E-state index in [2.05, 4.69) is 0 Å². The zero-order valence-corrected chi connectivity index (χ0v) is 11.4. The first-order valence-electron chi connectivity index (χ1n) is 6.52. The topological polar surface area (TPSA) is 127 Å². The zero-order chi connectivity index (χ0) is 15.8. The van der Waals surface area contributed by atoms with E-state index in [1.165, 1.54) is 12.1 Å². The van der Waals surface area contributed by atoms with Gasteiger partial charge in [-0.15, -0.1) is 0 Å². The monoisotopic (exact) mass is 300 g/mol. The number of hydrogen-bond donors (Lipinski definition) is 5. The van der Waals surface area contributed by atoms with Crippen molar-refractivity contribution in [2.45, 2.75) is 31.2 Å². The van der Waals surface area contributed by atoms with Crippen LogP contribution in [0.3, 0.4) is 0 Å². The molecule has 5 N–H and O–H groups in total. The lowest BCUT2D eigenvalue weighted by atomic mass is 10.1. The number of rotatable bonds is 8. The lowest BCUT2D eigenvalue weighted by Gasteiger charge is -2.21. The molecule has 0 saturated carbocycles. The van der Waals surface area contributed by atoms with Gasteiger partial charge in [-0.2, -0.15) is 0 Å². The molecule has 118 valence electrons. The molecule has 1 aromatic rings. The van der Waals surface area contributed by atoms with E-state index in [9.17, 15) is 15.0 Å². The summed E-state index contributed by atoms with van der Waals surface area (Å²) in [4.78, 5) is 11.5. The summed E-state index contributed by atoms with van der Waals surface area (Å²) >= 11 is 0. The van der Waals surface area contributed by atoms with Crippen LogP contribution in [0.15, 0.2) is 24.3 Å². The lowest BCUT2D eigenvalue weighted by Crippen LogP contribution is -2.42. The van der Waals surface area contributed by atoms with Crippen molar-refractivity contribution >= 4 is 5.97 Å². The van der Waals surface area contributed by atoms with Gasteiger partial charge in [-0.05, 0) is 24.1 Å². The number of benzene rings is 1. The lowest BCUT2D eigenvalue weighted by molar-refractivity contribution is -0.152. The van der Waals surface area contributed by atoms with Crippen LogP contribution in [0.2, 0.25) is 0 Å². The van der Waals surface area contributed by atoms with Crippen molar-refractivity contribution in [3.63, 3.8) is 0 Å². The normalized spacial score (nSPS) is 15.2. The van der Waals surface area contributed by atoms with Crippen molar-refractivity contribution in [1.82, 2.24) is 0 Å². The number of aliphatic hydroxyl groups is 4. The zero-order valence-electron chi connectivity index (χ0n) is 11.4. The maximum absolute atomic E-state index is 11.5. The van der Waals surface area contributed by atoms with Gasteiger partial charge in [-0.25, -0.2) is 0 Å². The smallest absolute Gasteiger partial charge is 0.306 e. The van der Waals surface area contributed by atoms with Crippen LogP contribution in [0.1, 0.15) is 12.0 Å². The molecule has 0 unspecified atom stereocenters. The fraction of sp³-hybridized carbons (Fsp3) is 0.500. The number of carbonyl (C=O) groups is 1. The Labute approximate surface area is 122 Å². The molecule has 0 aliphatic heterocycles. The van der Waals surface area contributed by atoms with Gasteiger partial charge in [0.25, 0.3) is 0 Å². The SMILES string of the molecule is O=C(CCc1ccc(O)cc1)OC[C@H](O)[C@H](O)[C@H](O)CO. The van der Waals surface area contributed by atoms with Gasteiger partial charge in [0.2, 0.25) is 0 Å². The van der Waals surface area contributed by atoms with Crippen LogP contribution in [0.25, 0.3) is 0 Å². The molecular weight excluding hydrogens is 280 g/mol. The van der Waals surface area contributed by atoms with Crippen LogP contribution in [0.4, 0.5) is 0 Å². The Balaban J connectivity index is 2.29. The highest BCUT2D eigenvalue weighted by Crippen LogP contribution is 2.11. The largest absolute Gasteiger partial charge is 0.508 e. The maximum Gasteiger partial charge on any atom is 0.306 e. The molecule has 0 aromatic heterocycles. The number of hydrogen-bond acceptors (Lipinski definition) is 7. The van der Waals surface area contributed by atoms with Crippen LogP contribution in [-0.4, -0.2) is 63.0 Å². The van der Waals surface area contributed by atoms with E-state index in [0.717, 1.165) is 5.56 Å². The predicted octanol–water partition coefficient (Wildman–Crippen LogP) is -1.06. The first-order chi connectivity index (χ1) is 9.93. The van der Waals surface area contributed by atoms with E-state index < -0.39 is 37.5 Å². The van der Waals surface area contributed by atoms with E-state index in [4.69, 9.17) is 20.1 Å². The number of phenols is 1. The molecule has 1 rings (SSSR count). The van der Waals surface area contributed by atoms with Gasteiger partial charge in [0, 0.05) is 6.42 Å². The first-order valence-corrected chi connectivity index (χ1v) is 6.52. The third-order valence-electron chi connectivity index (χ3n) is 2.94. The molecule has 0 fully saturated rings. The van der Waals surface area contributed by atoms with Crippen LogP contribution in [0, 0.1) is 0 Å². The summed E-state index contributed by atoms with van der Waals surface area (Å²) in [5.74, 6) is -0.423. The van der Waals surface area contributed by atoms with Crippen LogP contribution in [-0.2, 0) is 16.0 Å². The van der Waals surface area contributed by atoms with Gasteiger partial charge in [-0.1, -0.05) is 12.1 Å². The van der Waals surface area contributed by atoms with Gasteiger partial charge < -0.3 is 30.3 Å². The van der Waals surface area contributed by atoms with Gasteiger partial charge in [0.05, 0.1) is 6.61 Å². The third-order valence-corrected chi connectivity index (χ3v) is 2.94. The standard InChI is InChI=1S/C14H20O7/c15-7-11(17)14(20)12(18)8-21-13(19)6-3-9-1-4-10(16)5-2-9/h1-2,4-5,11-12,14-18,20H,3,6-8H2/t11-,12+,14-/m1/s1. The van der Waals surface area contributed by atoms with Crippen molar-refractivity contribution < 1.29 is 35.1 Å². The number of aromatic hydroxyl groups is 1. The minimum absolute atomic E-state index is 0.0795. The molecule has 0 aliphatic rings. The molecule has 7 heteroatoms. The molecule has 21 heavy (non-hydrogen) atoms. The number of phenolic OH excluding ortho intramolecular Hbond substituents is 1. The molecular formula is C14H20O7. The first kappa shape index (κ1) is 17.4. The molecule has 0 amide bonds. The van der Waals surface area contributed by atoms with Crippen LogP contribution >= 0.6 is 0 Å². The minimum atomic E-state index is -1.58. The average Bonchev–Trinajstić information content (AvgIpc) is 2.50. The number of aryl methyl sites for hydroxylation is 1. The van der Waals surface area contributed by atoms with E-state index >= 15 is 0 Å². The molecule has 1 aromatic carbocycles. The molecule has 0 heterocycles. The van der Waals surface area contributed by atoms with Crippen molar-refractivity contribution in [2.75, 3.05) is 13.2 Å². The van der Waals surface area contributed by atoms with Crippen LogP contribution in [0.5, 0.6) is 5.75 Å². The molecule has 0 bridgehead atoms. The number of ether oxygens (including phenoxy) is 1. The molecule has 7 nitrogen and oxygen atoms in total. The van der Waals surface area contributed by atoms with E-state index in [0.29, 0.717) is 6.42 Å². The van der Waals surface area contributed by atoms with Gasteiger partial charge in [0.15, 0.2) is 0 Å². The summed E-state index contributed by atoms with van der Waals surface area (Å²) in [5.41, 5.74) is 0.848. The Bertz CT molecular complexity index is 431. The van der Waals surface area contributed by atoms with E-state index in [-0.39, 0.29) is 12.2 Å². The number of carbonyl (C=O) groups excluding carboxylic acids is 1. The molecule has 3 atom stereocenters.